The lowest BCUT2D eigenvalue weighted by atomic mass is 9.90. The van der Waals surface area contributed by atoms with Crippen LogP contribution in [0.5, 0.6) is 0 Å². The van der Waals surface area contributed by atoms with Gasteiger partial charge in [0.25, 0.3) is 0 Å². The summed E-state index contributed by atoms with van der Waals surface area (Å²) in [6.07, 6.45) is 4.39. The van der Waals surface area contributed by atoms with Crippen LogP contribution in [0.15, 0.2) is 11.4 Å². The molecule has 0 radical (unpaired) electrons. The number of aryl methyl sites for hydroxylation is 1. The first-order chi connectivity index (χ1) is 9.24. The normalized spacial score (nSPS) is 23.3. The first-order valence-electron chi connectivity index (χ1n) is 7.30. The number of hydrogen-bond donors (Lipinski definition) is 2. The zero-order chi connectivity index (χ0) is 13.7. The Labute approximate surface area is 119 Å². The van der Waals surface area contributed by atoms with Crippen LogP contribution < -0.4 is 10.6 Å². The van der Waals surface area contributed by atoms with Crippen molar-refractivity contribution in [3.63, 3.8) is 0 Å². The average molecular weight is 280 g/mol. The first kappa shape index (κ1) is 14.5. The molecular weight excluding hydrogens is 256 g/mol. The number of nitrogens with one attached hydrogen (secondary N) is 2. The predicted octanol–water partition coefficient (Wildman–Crippen LogP) is 2.70. The Morgan fingerprint density at radius 3 is 3.11 bits per heavy atom. The van der Waals surface area contributed by atoms with E-state index in [0.29, 0.717) is 12.5 Å². The fraction of sp³-hybridized carbons (Fsp3) is 0.667. The summed E-state index contributed by atoms with van der Waals surface area (Å²) in [5.74, 6) is 0.860. The molecule has 1 aliphatic rings. The third kappa shape index (κ3) is 3.80. The zero-order valence-electron chi connectivity index (χ0n) is 11.9. The maximum absolute atomic E-state index is 12.2. The van der Waals surface area contributed by atoms with Gasteiger partial charge in [-0.2, -0.15) is 0 Å². The second-order valence-corrected chi connectivity index (χ2v) is 6.25. The summed E-state index contributed by atoms with van der Waals surface area (Å²) in [5.41, 5.74) is 1.35. The lowest BCUT2D eigenvalue weighted by Crippen LogP contribution is -2.48. The molecule has 2 rings (SSSR count). The van der Waals surface area contributed by atoms with Gasteiger partial charge in [0, 0.05) is 4.88 Å². The van der Waals surface area contributed by atoms with Crippen LogP contribution >= 0.6 is 11.3 Å². The molecule has 0 saturated carbocycles. The van der Waals surface area contributed by atoms with E-state index in [1.165, 1.54) is 23.3 Å². The Morgan fingerprint density at radius 1 is 1.53 bits per heavy atom. The van der Waals surface area contributed by atoms with Crippen LogP contribution in [0.3, 0.4) is 0 Å². The number of amides is 1. The summed E-state index contributed by atoms with van der Waals surface area (Å²) in [5, 5.41) is 8.52. The van der Waals surface area contributed by atoms with E-state index in [1.54, 1.807) is 11.3 Å². The SMILES string of the molecule is CCc1ccsc1CNC(=O)C1CC(CC)CCN1. The Kier molecular flexibility index (Phi) is 5.40. The van der Waals surface area contributed by atoms with E-state index >= 15 is 0 Å². The molecule has 0 spiro atoms. The zero-order valence-corrected chi connectivity index (χ0v) is 12.7. The molecule has 1 aliphatic heterocycles. The lowest BCUT2D eigenvalue weighted by Gasteiger charge is -2.28. The second kappa shape index (κ2) is 7.06. The number of hydrogen-bond acceptors (Lipinski definition) is 3. The van der Waals surface area contributed by atoms with Crippen molar-refractivity contribution in [3.8, 4) is 0 Å². The Morgan fingerprint density at radius 2 is 2.37 bits per heavy atom. The molecule has 4 heteroatoms. The molecule has 0 aliphatic carbocycles. The fourth-order valence-corrected chi connectivity index (χ4v) is 3.61. The molecule has 3 nitrogen and oxygen atoms in total. The highest BCUT2D eigenvalue weighted by molar-refractivity contribution is 7.10. The number of carbonyl (C=O) groups is 1. The third-order valence-electron chi connectivity index (χ3n) is 4.05. The average Bonchev–Trinajstić information content (AvgIpc) is 2.92. The van der Waals surface area contributed by atoms with E-state index in [4.69, 9.17) is 0 Å². The maximum Gasteiger partial charge on any atom is 0.237 e. The predicted molar refractivity (Wildman–Crippen MR) is 80.3 cm³/mol. The van der Waals surface area contributed by atoms with Gasteiger partial charge in [0.1, 0.15) is 0 Å². The molecule has 1 amide bonds. The second-order valence-electron chi connectivity index (χ2n) is 5.25. The third-order valence-corrected chi connectivity index (χ3v) is 5.01. The van der Waals surface area contributed by atoms with Crippen molar-refractivity contribution >= 4 is 17.2 Å². The highest BCUT2D eigenvalue weighted by Gasteiger charge is 2.25. The molecule has 2 unspecified atom stereocenters. The van der Waals surface area contributed by atoms with Crippen molar-refractivity contribution in [2.75, 3.05) is 6.54 Å². The van der Waals surface area contributed by atoms with Crippen LogP contribution in [0.2, 0.25) is 0 Å². The van der Waals surface area contributed by atoms with Crippen molar-refractivity contribution in [3.05, 3.63) is 21.9 Å². The largest absolute Gasteiger partial charge is 0.350 e. The quantitative estimate of drug-likeness (QED) is 0.870. The van der Waals surface area contributed by atoms with Gasteiger partial charge < -0.3 is 10.6 Å². The van der Waals surface area contributed by atoms with Gasteiger partial charge in [0.15, 0.2) is 0 Å². The standard InChI is InChI=1S/C15H24N2OS/c1-3-11-5-7-16-13(9-11)15(18)17-10-14-12(4-2)6-8-19-14/h6,8,11,13,16H,3-5,7,9-10H2,1-2H3,(H,17,18). The Bertz CT molecular complexity index is 416. The summed E-state index contributed by atoms with van der Waals surface area (Å²) in [4.78, 5) is 13.5. The van der Waals surface area contributed by atoms with E-state index in [2.05, 4.69) is 35.9 Å². The number of carbonyl (C=O) groups excluding carboxylic acids is 1. The van der Waals surface area contributed by atoms with Crippen molar-refractivity contribution in [2.45, 2.75) is 52.1 Å². The Hall–Kier alpha value is -0.870. The minimum absolute atomic E-state index is 0.00346. The van der Waals surface area contributed by atoms with Gasteiger partial charge in [0.05, 0.1) is 12.6 Å². The van der Waals surface area contributed by atoms with Crippen LogP contribution in [0.4, 0.5) is 0 Å². The van der Waals surface area contributed by atoms with Crippen LogP contribution in [-0.4, -0.2) is 18.5 Å². The van der Waals surface area contributed by atoms with Gasteiger partial charge in [-0.25, -0.2) is 0 Å². The lowest BCUT2D eigenvalue weighted by molar-refractivity contribution is -0.124. The number of piperidine rings is 1. The van der Waals surface area contributed by atoms with Crippen molar-refractivity contribution < 1.29 is 4.79 Å². The number of rotatable bonds is 5. The van der Waals surface area contributed by atoms with Gasteiger partial charge in [-0.15, -0.1) is 11.3 Å². The summed E-state index contributed by atoms with van der Waals surface area (Å²) < 4.78 is 0. The maximum atomic E-state index is 12.2. The fourth-order valence-electron chi connectivity index (χ4n) is 2.69. The minimum atomic E-state index is 0.00346. The van der Waals surface area contributed by atoms with E-state index in [1.807, 2.05) is 0 Å². The van der Waals surface area contributed by atoms with E-state index < -0.39 is 0 Å². The molecule has 2 atom stereocenters. The summed E-state index contributed by atoms with van der Waals surface area (Å²) >= 11 is 1.73. The van der Waals surface area contributed by atoms with Crippen LogP contribution in [-0.2, 0) is 17.8 Å². The first-order valence-corrected chi connectivity index (χ1v) is 8.18. The molecular formula is C15H24N2OS. The smallest absolute Gasteiger partial charge is 0.237 e. The van der Waals surface area contributed by atoms with E-state index in [-0.39, 0.29) is 11.9 Å². The van der Waals surface area contributed by atoms with Crippen LogP contribution in [0, 0.1) is 5.92 Å². The summed E-state index contributed by atoms with van der Waals surface area (Å²) in [6, 6.07) is 2.15. The molecule has 2 N–H and O–H groups in total. The van der Waals surface area contributed by atoms with Gasteiger partial charge >= 0.3 is 0 Å². The molecule has 19 heavy (non-hydrogen) atoms. The minimum Gasteiger partial charge on any atom is -0.350 e. The summed E-state index contributed by atoms with van der Waals surface area (Å²) in [6.45, 7) is 6.01. The van der Waals surface area contributed by atoms with Crippen molar-refractivity contribution in [1.82, 2.24) is 10.6 Å². The van der Waals surface area contributed by atoms with Gasteiger partial charge in [0.2, 0.25) is 5.91 Å². The highest BCUT2D eigenvalue weighted by atomic mass is 32.1. The van der Waals surface area contributed by atoms with Gasteiger partial charge in [-0.1, -0.05) is 20.3 Å². The molecule has 1 saturated heterocycles. The molecule has 1 aromatic rings. The molecule has 1 fully saturated rings. The Balaban J connectivity index is 1.84. The molecule has 106 valence electrons. The molecule has 2 heterocycles. The topological polar surface area (TPSA) is 41.1 Å². The van der Waals surface area contributed by atoms with E-state index in [9.17, 15) is 4.79 Å². The molecule has 1 aromatic heterocycles. The molecule has 0 bridgehead atoms. The monoisotopic (exact) mass is 280 g/mol. The molecule has 0 aromatic carbocycles. The van der Waals surface area contributed by atoms with Crippen LogP contribution in [0.1, 0.15) is 43.6 Å². The highest BCUT2D eigenvalue weighted by Crippen LogP contribution is 2.20. The number of thiophene rings is 1. The van der Waals surface area contributed by atoms with Gasteiger partial charge in [-0.3, -0.25) is 4.79 Å². The van der Waals surface area contributed by atoms with E-state index in [0.717, 1.165) is 19.4 Å². The van der Waals surface area contributed by atoms with Crippen molar-refractivity contribution in [2.24, 2.45) is 5.92 Å². The van der Waals surface area contributed by atoms with Crippen molar-refractivity contribution in [1.29, 1.82) is 0 Å². The van der Waals surface area contributed by atoms with Gasteiger partial charge in [-0.05, 0) is 48.7 Å². The summed E-state index contributed by atoms with van der Waals surface area (Å²) in [7, 11) is 0. The van der Waals surface area contributed by atoms with Crippen LogP contribution in [0.25, 0.3) is 0 Å².